The van der Waals surface area contributed by atoms with E-state index in [0.29, 0.717) is 36.2 Å². The SMILES string of the molecule is O=C(NCc1ccc2c(c1)OCO2)C(=O)NCC(c1ccc2c(c1)OCO2)N1CCOCC1. The number of nitrogens with one attached hydrogen (secondary N) is 2. The molecule has 0 bridgehead atoms. The first-order valence-corrected chi connectivity index (χ1v) is 10.8. The van der Waals surface area contributed by atoms with E-state index in [1.807, 2.05) is 24.3 Å². The minimum atomic E-state index is -0.695. The monoisotopic (exact) mass is 455 g/mol. The molecule has 0 saturated carbocycles. The zero-order chi connectivity index (χ0) is 22.6. The zero-order valence-electron chi connectivity index (χ0n) is 18.0. The topological polar surface area (TPSA) is 108 Å². The van der Waals surface area contributed by atoms with Crippen LogP contribution in [0, 0.1) is 0 Å². The van der Waals surface area contributed by atoms with Crippen LogP contribution in [0.3, 0.4) is 0 Å². The second kappa shape index (κ2) is 9.55. The quantitative estimate of drug-likeness (QED) is 0.620. The van der Waals surface area contributed by atoms with Crippen LogP contribution in [0.2, 0.25) is 0 Å². The molecule has 174 valence electrons. The molecule has 33 heavy (non-hydrogen) atoms. The Morgan fingerprint density at radius 1 is 0.818 bits per heavy atom. The summed E-state index contributed by atoms with van der Waals surface area (Å²) in [4.78, 5) is 27.1. The maximum atomic E-state index is 12.5. The van der Waals surface area contributed by atoms with Gasteiger partial charge in [-0.05, 0) is 35.4 Å². The molecule has 2 aromatic rings. The van der Waals surface area contributed by atoms with E-state index in [0.717, 1.165) is 24.2 Å². The van der Waals surface area contributed by atoms with Crippen LogP contribution in [0.1, 0.15) is 17.2 Å². The lowest BCUT2D eigenvalue weighted by Crippen LogP contribution is -2.46. The molecule has 5 rings (SSSR count). The smallest absolute Gasteiger partial charge is 0.309 e. The fourth-order valence-electron chi connectivity index (χ4n) is 4.05. The Bertz CT molecular complexity index is 1040. The molecule has 0 aromatic heterocycles. The van der Waals surface area contributed by atoms with Crippen LogP contribution in [-0.4, -0.2) is 63.1 Å². The maximum Gasteiger partial charge on any atom is 0.309 e. The molecule has 2 N–H and O–H groups in total. The third kappa shape index (κ3) is 4.81. The summed E-state index contributed by atoms with van der Waals surface area (Å²) in [6.07, 6.45) is 0. The van der Waals surface area contributed by atoms with E-state index in [9.17, 15) is 9.59 Å². The minimum Gasteiger partial charge on any atom is -0.454 e. The van der Waals surface area contributed by atoms with Gasteiger partial charge in [-0.25, -0.2) is 0 Å². The average Bonchev–Trinajstić information content (AvgIpc) is 3.51. The van der Waals surface area contributed by atoms with E-state index in [-0.39, 0.29) is 32.7 Å². The summed E-state index contributed by atoms with van der Waals surface area (Å²) >= 11 is 0. The van der Waals surface area contributed by atoms with Crippen LogP contribution in [0.5, 0.6) is 23.0 Å². The molecule has 0 radical (unpaired) electrons. The maximum absolute atomic E-state index is 12.5. The molecule has 10 nitrogen and oxygen atoms in total. The van der Waals surface area contributed by atoms with Gasteiger partial charge in [0.2, 0.25) is 13.6 Å². The third-order valence-corrected chi connectivity index (χ3v) is 5.82. The predicted octanol–water partition coefficient (Wildman–Crippen LogP) is 0.950. The Balaban J connectivity index is 1.20. The molecule has 1 fully saturated rings. The van der Waals surface area contributed by atoms with Gasteiger partial charge in [0.25, 0.3) is 0 Å². The summed E-state index contributed by atoms with van der Waals surface area (Å²) in [5.41, 5.74) is 1.79. The molecule has 2 amide bonds. The van der Waals surface area contributed by atoms with Crippen molar-refractivity contribution in [3.63, 3.8) is 0 Å². The van der Waals surface area contributed by atoms with Gasteiger partial charge >= 0.3 is 11.8 Å². The van der Waals surface area contributed by atoms with E-state index in [4.69, 9.17) is 23.7 Å². The Labute approximate surface area is 190 Å². The fraction of sp³-hybridized carbons (Fsp3) is 0.391. The largest absolute Gasteiger partial charge is 0.454 e. The van der Waals surface area contributed by atoms with Crippen molar-refractivity contribution in [3.05, 3.63) is 47.5 Å². The zero-order valence-corrected chi connectivity index (χ0v) is 18.0. The molecule has 3 heterocycles. The summed E-state index contributed by atoms with van der Waals surface area (Å²) in [7, 11) is 0. The molecule has 1 unspecified atom stereocenters. The number of ether oxygens (including phenoxy) is 5. The fourth-order valence-corrected chi connectivity index (χ4v) is 4.05. The first kappa shape index (κ1) is 21.4. The Kier molecular flexibility index (Phi) is 6.18. The van der Waals surface area contributed by atoms with Crippen LogP contribution in [0.15, 0.2) is 36.4 Å². The van der Waals surface area contributed by atoms with E-state index in [2.05, 4.69) is 15.5 Å². The van der Waals surface area contributed by atoms with E-state index in [1.165, 1.54) is 0 Å². The molecule has 1 atom stereocenters. The number of morpholine rings is 1. The standard InChI is InChI=1S/C23H25N3O7/c27-22(24-11-15-1-3-18-20(9-15)32-13-30-18)23(28)25-12-17(26-5-7-29-8-6-26)16-2-4-19-21(10-16)33-14-31-19/h1-4,9-10,17H,5-8,11-14H2,(H,24,27)(H,25,28). The first-order chi connectivity index (χ1) is 16.2. The highest BCUT2D eigenvalue weighted by atomic mass is 16.7. The molecule has 10 heteroatoms. The molecule has 2 aromatic carbocycles. The van der Waals surface area contributed by atoms with Gasteiger partial charge in [0.1, 0.15) is 0 Å². The van der Waals surface area contributed by atoms with Crippen molar-refractivity contribution in [2.75, 3.05) is 46.4 Å². The molecular weight excluding hydrogens is 430 g/mol. The van der Waals surface area contributed by atoms with Gasteiger partial charge in [-0.3, -0.25) is 14.5 Å². The number of nitrogens with zero attached hydrogens (tertiary/aromatic N) is 1. The summed E-state index contributed by atoms with van der Waals surface area (Å²) in [6.45, 7) is 3.54. The first-order valence-electron chi connectivity index (χ1n) is 10.8. The third-order valence-electron chi connectivity index (χ3n) is 5.82. The second-order valence-corrected chi connectivity index (χ2v) is 7.86. The number of hydrogen-bond acceptors (Lipinski definition) is 8. The second-order valence-electron chi connectivity index (χ2n) is 7.86. The van der Waals surface area contributed by atoms with Crippen molar-refractivity contribution >= 4 is 11.8 Å². The highest BCUT2D eigenvalue weighted by Gasteiger charge is 2.26. The molecule has 0 spiro atoms. The lowest BCUT2D eigenvalue weighted by molar-refractivity contribution is -0.139. The molecule has 3 aliphatic heterocycles. The van der Waals surface area contributed by atoms with Gasteiger partial charge in [-0.1, -0.05) is 12.1 Å². The van der Waals surface area contributed by atoms with Gasteiger partial charge in [0.05, 0.1) is 19.3 Å². The summed E-state index contributed by atoms with van der Waals surface area (Å²) < 4.78 is 27.0. The van der Waals surface area contributed by atoms with Crippen LogP contribution in [0.25, 0.3) is 0 Å². The van der Waals surface area contributed by atoms with Crippen molar-refractivity contribution in [2.24, 2.45) is 0 Å². The van der Waals surface area contributed by atoms with Crippen LogP contribution in [0.4, 0.5) is 0 Å². The van der Waals surface area contributed by atoms with Gasteiger partial charge in [-0.15, -0.1) is 0 Å². The molecule has 3 aliphatic rings. The number of carbonyl (C=O) groups is 2. The number of carbonyl (C=O) groups excluding carboxylic acids is 2. The van der Waals surface area contributed by atoms with Gasteiger partial charge in [0.15, 0.2) is 23.0 Å². The Morgan fingerprint density at radius 2 is 1.45 bits per heavy atom. The van der Waals surface area contributed by atoms with E-state index < -0.39 is 11.8 Å². The summed E-state index contributed by atoms with van der Waals surface area (Å²) in [6, 6.07) is 11.0. The summed E-state index contributed by atoms with van der Waals surface area (Å²) in [5, 5.41) is 5.42. The van der Waals surface area contributed by atoms with Crippen molar-refractivity contribution < 1.29 is 33.3 Å². The van der Waals surface area contributed by atoms with Crippen LogP contribution in [-0.2, 0) is 20.9 Å². The van der Waals surface area contributed by atoms with Crippen molar-refractivity contribution in [2.45, 2.75) is 12.6 Å². The van der Waals surface area contributed by atoms with E-state index in [1.54, 1.807) is 12.1 Å². The number of benzene rings is 2. The normalized spacial score (nSPS) is 17.5. The number of amides is 2. The Morgan fingerprint density at radius 3 is 2.21 bits per heavy atom. The molecule has 1 saturated heterocycles. The average molecular weight is 455 g/mol. The summed E-state index contributed by atoms with van der Waals surface area (Å²) in [5.74, 6) is 1.29. The minimum absolute atomic E-state index is 0.131. The predicted molar refractivity (Wildman–Crippen MR) is 115 cm³/mol. The van der Waals surface area contributed by atoms with Gasteiger partial charge in [0, 0.05) is 26.2 Å². The highest BCUT2D eigenvalue weighted by molar-refractivity contribution is 6.35. The lowest BCUT2D eigenvalue weighted by atomic mass is 10.0. The number of hydrogen-bond donors (Lipinski definition) is 2. The van der Waals surface area contributed by atoms with E-state index >= 15 is 0 Å². The van der Waals surface area contributed by atoms with Crippen molar-refractivity contribution in [3.8, 4) is 23.0 Å². The van der Waals surface area contributed by atoms with Gasteiger partial charge < -0.3 is 34.3 Å². The molecule has 0 aliphatic carbocycles. The van der Waals surface area contributed by atoms with Gasteiger partial charge in [-0.2, -0.15) is 0 Å². The molecular formula is C23H25N3O7. The number of fused-ring (bicyclic) bond motifs is 2. The lowest BCUT2D eigenvalue weighted by Gasteiger charge is -2.34. The van der Waals surface area contributed by atoms with Crippen LogP contribution < -0.4 is 29.6 Å². The number of rotatable bonds is 6. The van der Waals surface area contributed by atoms with Crippen LogP contribution >= 0.6 is 0 Å². The highest BCUT2D eigenvalue weighted by Crippen LogP contribution is 2.35. The van der Waals surface area contributed by atoms with Crippen molar-refractivity contribution in [1.29, 1.82) is 0 Å². The Hall–Kier alpha value is -3.50. The van der Waals surface area contributed by atoms with Crippen molar-refractivity contribution in [1.82, 2.24) is 15.5 Å².